The van der Waals surface area contributed by atoms with Gasteiger partial charge in [0.15, 0.2) is 5.04 Å². The molecule has 1 aromatic rings. The number of benzene rings is 1. The summed E-state index contributed by atoms with van der Waals surface area (Å²) < 4.78 is 23.8. The molecule has 2 rings (SSSR count). The average Bonchev–Trinajstić information content (AvgIpc) is 2.23. The second-order valence-electron chi connectivity index (χ2n) is 3.35. The first-order valence-corrected chi connectivity index (χ1v) is 6.12. The molecular weight excluding hydrogens is 214 g/mol. The lowest BCUT2D eigenvalue weighted by atomic mass is 10.2. The van der Waals surface area contributed by atoms with E-state index in [1.165, 1.54) is 6.92 Å². The van der Waals surface area contributed by atoms with E-state index in [-0.39, 0.29) is 11.7 Å². The highest BCUT2D eigenvalue weighted by molar-refractivity contribution is 8.06. The topological polar surface area (TPSA) is 55.7 Å². The molecule has 1 unspecified atom stereocenters. The highest BCUT2D eigenvalue weighted by atomic mass is 32.2. The Morgan fingerprint density at radius 3 is 2.67 bits per heavy atom. The summed E-state index contributed by atoms with van der Waals surface area (Å²) in [6.07, 6.45) is 0. The second-order valence-corrected chi connectivity index (χ2v) is 5.60. The minimum Gasteiger partial charge on any atom is -0.393 e. The summed E-state index contributed by atoms with van der Waals surface area (Å²) in [6.45, 7) is 1.54. The zero-order chi connectivity index (χ0) is 10.9. The molecule has 1 aromatic carbocycles. The van der Waals surface area contributed by atoms with Crippen LogP contribution < -0.4 is 0 Å². The van der Waals surface area contributed by atoms with Gasteiger partial charge in [0.05, 0.1) is 0 Å². The summed E-state index contributed by atoms with van der Waals surface area (Å²) in [5, 5.41) is 2.90. The standard InChI is InChI=1S/C10H11NO3S/c1-8-11-14-7-10(15(8,12)13)9-5-3-2-4-6-9/h2-6,10H,7H2,1H3. The highest BCUT2D eigenvalue weighted by Gasteiger charge is 2.34. The normalized spacial score (nSPS) is 24.1. The van der Waals surface area contributed by atoms with Crippen molar-refractivity contribution in [2.75, 3.05) is 6.61 Å². The Kier molecular flexibility index (Phi) is 2.48. The number of sulfone groups is 1. The van der Waals surface area contributed by atoms with Crippen LogP contribution in [0, 0.1) is 0 Å². The third-order valence-corrected chi connectivity index (χ3v) is 4.43. The molecule has 1 aliphatic rings. The van der Waals surface area contributed by atoms with Crippen molar-refractivity contribution in [3.8, 4) is 0 Å². The van der Waals surface area contributed by atoms with Crippen molar-refractivity contribution >= 4 is 14.9 Å². The van der Waals surface area contributed by atoms with E-state index in [2.05, 4.69) is 5.16 Å². The van der Waals surface area contributed by atoms with Gasteiger partial charge in [-0.3, -0.25) is 0 Å². The van der Waals surface area contributed by atoms with Gasteiger partial charge >= 0.3 is 0 Å². The van der Waals surface area contributed by atoms with Gasteiger partial charge < -0.3 is 4.84 Å². The molecule has 0 amide bonds. The molecule has 4 nitrogen and oxygen atoms in total. The summed E-state index contributed by atoms with van der Waals surface area (Å²) in [6, 6.07) is 9.03. The molecular formula is C10H11NO3S. The van der Waals surface area contributed by atoms with Gasteiger partial charge in [-0.25, -0.2) is 8.42 Å². The highest BCUT2D eigenvalue weighted by Crippen LogP contribution is 2.27. The maximum Gasteiger partial charge on any atom is 0.205 e. The number of oxime groups is 1. The Bertz CT molecular complexity index is 479. The Morgan fingerprint density at radius 2 is 2.00 bits per heavy atom. The van der Waals surface area contributed by atoms with Crippen LogP contribution in [-0.2, 0) is 14.7 Å². The third kappa shape index (κ3) is 1.74. The lowest BCUT2D eigenvalue weighted by Crippen LogP contribution is -2.28. The van der Waals surface area contributed by atoms with Crippen molar-refractivity contribution in [1.82, 2.24) is 0 Å². The van der Waals surface area contributed by atoms with Gasteiger partial charge in [-0.1, -0.05) is 35.5 Å². The van der Waals surface area contributed by atoms with Crippen LogP contribution in [0.2, 0.25) is 0 Å². The van der Waals surface area contributed by atoms with Crippen LogP contribution in [0.3, 0.4) is 0 Å². The lowest BCUT2D eigenvalue weighted by Gasteiger charge is -2.20. The van der Waals surface area contributed by atoms with Crippen molar-refractivity contribution in [1.29, 1.82) is 0 Å². The quantitative estimate of drug-likeness (QED) is 0.728. The molecule has 0 N–H and O–H groups in total. The second kappa shape index (κ2) is 3.66. The molecule has 1 atom stereocenters. The van der Waals surface area contributed by atoms with E-state index in [0.717, 1.165) is 5.56 Å². The maximum atomic E-state index is 11.9. The van der Waals surface area contributed by atoms with E-state index in [0.29, 0.717) is 0 Å². The van der Waals surface area contributed by atoms with Crippen LogP contribution in [0.15, 0.2) is 35.5 Å². The van der Waals surface area contributed by atoms with Gasteiger partial charge in [0.1, 0.15) is 11.9 Å². The number of nitrogens with zero attached hydrogens (tertiary/aromatic N) is 1. The molecule has 1 heterocycles. The molecule has 80 valence electrons. The average molecular weight is 225 g/mol. The van der Waals surface area contributed by atoms with E-state index in [4.69, 9.17) is 4.84 Å². The number of rotatable bonds is 1. The Balaban J connectivity index is 2.45. The van der Waals surface area contributed by atoms with Gasteiger partial charge in [0.2, 0.25) is 9.84 Å². The van der Waals surface area contributed by atoms with Gasteiger partial charge in [-0.15, -0.1) is 0 Å². The van der Waals surface area contributed by atoms with Crippen LogP contribution in [0.25, 0.3) is 0 Å². The fourth-order valence-corrected chi connectivity index (χ4v) is 2.81. The lowest BCUT2D eigenvalue weighted by molar-refractivity contribution is 0.140. The van der Waals surface area contributed by atoms with E-state index < -0.39 is 15.1 Å². The molecule has 15 heavy (non-hydrogen) atoms. The summed E-state index contributed by atoms with van der Waals surface area (Å²) in [5.41, 5.74) is 0.742. The third-order valence-electron chi connectivity index (χ3n) is 2.38. The molecule has 1 aliphatic heterocycles. The van der Waals surface area contributed by atoms with Gasteiger partial charge in [-0.2, -0.15) is 0 Å². The van der Waals surface area contributed by atoms with Crippen molar-refractivity contribution in [3.63, 3.8) is 0 Å². The fraction of sp³-hybridized carbons (Fsp3) is 0.300. The molecule has 0 saturated heterocycles. The summed E-state index contributed by atoms with van der Waals surface area (Å²) in [7, 11) is -3.33. The van der Waals surface area contributed by atoms with Crippen LogP contribution in [0.1, 0.15) is 17.7 Å². The Labute approximate surface area is 88.5 Å². The first-order chi connectivity index (χ1) is 7.12. The summed E-state index contributed by atoms with van der Waals surface area (Å²) in [4.78, 5) is 4.89. The monoisotopic (exact) mass is 225 g/mol. The summed E-state index contributed by atoms with van der Waals surface area (Å²) in [5.74, 6) is 0. The van der Waals surface area contributed by atoms with E-state index in [1.807, 2.05) is 18.2 Å². The van der Waals surface area contributed by atoms with Gasteiger partial charge in [-0.05, 0) is 12.5 Å². The molecule has 0 aliphatic carbocycles. The Hall–Kier alpha value is -1.36. The maximum absolute atomic E-state index is 11.9. The largest absolute Gasteiger partial charge is 0.393 e. The number of hydrogen-bond acceptors (Lipinski definition) is 4. The molecule has 0 bridgehead atoms. The van der Waals surface area contributed by atoms with Crippen molar-refractivity contribution in [3.05, 3.63) is 35.9 Å². The van der Waals surface area contributed by atoms with Crippen LogP contribution >= 0.6 is 0 Å². The zero-order valence-electron chi connectivity index (χ0n) is 8.25. The predicted octanol–water partition coefficient (Wildman–Crippen LogP) is 1.51. The van der Waals surface area contributed by atoms with Gasteiger partial charge in [0, 0.05) is 0 Å². The van der Waals surface area contributed by atoms with E-state index >= 15 is 0 Å². The Morgan fingerprint density at radius 1 is 1.33 bits per heavy atom. The molecule has 0 spiro atoms. The number of hydrogen-bond donors (Lipinski definition) is 0. The molecule has 0 aromatic heterocycles. The first kappa shape index (κ1) is 10.2. The zero-order valence-corrected chi connectivity index (χ0v) is 9.07. The van der Waals surface area contributed by atoms with Crippen LogP contribution in [0.4, 0.5) is 0 Å². The SMILES string of the molecule is CC1=NOCC(c2ccccc2)S1(=O)=O. The van der Waals surface area contributed by atoms with Crippen LogP contribution in [0.5, 0.6) is 0 Å². The van der Waals surface area contributed by atoms with Crippen LogP contribution in [-0.4, -0.2) is 20.1 Å². The van der Waals surface area contributed by atoms with E-state index in [1.54, 1.807) is 12.1 Å². The van der Waals surface area contributed by atoms with E-state index in [9.17, 15) is 8.42 Å². The predicted molar refractivity (Wildman–Crippen MR) is 57.2 cm³/mol. The smallest absolute Gasteiger partial charge is 0.205 e. The van der Waals surface area contributed by atoms with Gasteiger partial charge in [0.25, 0.3) is 0 Å². The van der Waals surface area contributed by atoms with Crippen molar-refractivity contribution in [2.45, 2.75) is 12.2 Å². The molecule has 5 heteroatoms. The fourth-order valence-electron chi connectivity index (χ4n) is 1.49. The molecule has 0 fully saturated rings. The van der Waals surface area contributed by atoms with Crippen molar-refractivity contribution in [2.24, 2.45) is 5.16 Å². The summed E-state index contributed by atoms with van der Waals surface area (Å²) >= 11 is 0. The molecule has 0 saturated carbocycles. The minimum absolute atomic E-state index is 0.0441. The van der Waals surface area contributed by atoms with Crippen molar-refractivity contribution < 1.29 is 13.3 Å². The molecule has 0 radical (unpaired) electrons. The minimum atomic E-state index is -3.33. The first-order valence-electron chi connectivity index (χ1n) is 4.58.